The minimum absolute atomic E-state index is 0.0684. The van der Waals surface area contributed by atoms with Crippen molar-refractivity contribution in [3.8, 4) is 23.7 Å². The van der Waals surface area contributed by atoms with Crippen molar-refractivity contribution < 1.29 is 28.3 Å². The standard InChI is InChI=1S/C20H21N3O6S/c1-19(18(24)22-26,30(2,27)28)9-10-23-12-16-11-15(6-7-17(16)21-23)5-3-4-8-20(25)13-29-14-20/h6-7,11-12,25-26H,9-10,13-14H2,1-2H3,(H,22,24). The Labute approximate surface area is 173 Å². The van der Waals surface area contributed by atoms with Crippen molar-refractivity contribution in [2.75, 3.05) is 19.5 Å². The maximum Gasteiger partial charge on any atom is 0.264 e. The van der Waals surface area contributed by atoms with Crippen LogP contribution in [0.3, 0.4) is 0 Å². The summed E-state index contributed by atoms with van der Waals surface area (Å²) in [5.41, 5.74) is 1.71. The molecule has 1 aromatic heterocycles. The largest absolute Gasteiger partial charge is 0.373 e. The Kier molecular flexibility index (Phi) is 5.88. The first kappa shape index (κ1) is 21.8. The molecule has 0 saturated carbocycles. The third-order valence-electron chi connectivity index (χ3n) is 5.02. The molecule has 1 atom stereocenters. The molecule has 0 aliphatic carbocycles. The van der Waals surface area contributed by atoms with Crippen LogP contribution in [0.1, 0.15) is 18.9 Å². The first-order chi connectivity index (χ1) is 14.1. The molecule has 1 aliphatic heterocycles. The van der Waals surface area contributed by atoms with Crippen molar-refractivity contribution in [3.63, 3.8) is 0 Å². The van der Waals surface area contributed by atoms with Gasteiger partial charge < -0.3 is 9.84 Å². The summed E-state index contributed by atoms with van der Waals surface area (Å²) in [6.45, 7) is 1.78. The molecule has 1 saturated heterocycles. The topological polar surface area (TPSA) is 131 Å². The van der Waals surface area contributed by atoms with Crippen LogP contribution in [0.15, 0.2) is 24.4 Å². The van der Waals surface area contributed by atoms with Gasteiger partial charge in [-0.3, -0.25) is 14.7 Å². The monoisotopic (exact) mass is 431 g/mol. The van der Waals surface area contributed by atoms with Crippen LogP contribution in [0.5, 0.6) is 0 Å². The minimum Gasteiger partial charge on any atom is -0.373 e. The lowest BCUT2D eigenvalue weighted by Gasteiger charge is -2.30. The molecular formula is C20H21N3O6S. The smallest absolute Gasteiger partial charge is 0.264 e. The second-order valence-electron chi connectivity index (χ2n) is 7.38. The van der Waals surface area contributed by atoms with Gasteiger partial charge in [0.1, 0.15) is 0 Å². The normalized spacial score (nSPS) is 16.9. The molecule has 0 spiro atoms. The Morgan fingerprint density at radius 1 is 1.40 bits per heavy atom. The highest BCUT2D eigenvalue weighted by atomic mass is 32.2. The molecule has 0 bridgehead atoms. The lowest BCUT2D eigenvalue weighted by Crippen LogP contribution is -2.49. The quantitative estimate of drug-likeness (QED) is 0.341. The number of aromatic nitrogens is 2. The molecule has 2 aromatic rings. The van der Waals surface area contributed by atoms with Crippen LogP contribution in [0, 0.1) is 23.7 Å². The number of nitrogens with one attached hydrogen (secondary N) is 1. The average Bonchev–Trinajstić information content (AvgIpc) is 3.08. The number of carbonyl (C=O) groups is 1. The number of aliphatic hydroxyl groups is 1. The molecule has 3 N–H and O–H groups in total. The van der Waals surface area contributed by atoms with Crippen molar-refractivity contribution in [2.45, 2.75) is 30.2 Å². The summed E-state index contributed by atoms with van der Waals surface area (Å²) in [6.07, 6.45) is 2.60. The fraction of sp³-hybridized carbons (Fsp3) is 0.400. The summed E-state index contributed by atoms with van der Waals surface area (Å²) in [6, 6.07) is 5.35. The number of nitrogens with zero attached hydrogens (tertiary/aromatic N) is 2. The maximum atomic E-state index is 12.1. The number of sulfone groups is 1. The van der Waals surface area contributed by atoms with E-state index in [0.717, 1.165) is 11.6 Å². The first-order valence-corrected chi connectivity index (χ1v) is 10.9. The molecule has 0 radical (unpaired) electrons. The SMILES string of the molecule is CC(CCn1cc2cc(C#CC#CC3(O)COC3)ccc2n1)(C(=O)NO)S(C)(=O)=O. The van der Waals surface area contributed by atoms with Gasteiger partial charge >= 0.3 is 0 Å². The highest BCUT2D eigenvalue weighted by Crippen LogP contribution is 2.23. The van der Waals surface area contributed by atoms with E-state index in [9.17, 15) is 18.3 Å². The first-order valence-electron chi connectivity index (χ1n) is 9.01. The number of ether oxygens (including phenoxy) is 1. The molecule has 2 heterocycles. The van der Waals surface area contributed by atoms with Gasteiger partial charge in [0.25, 0.3) is 5.91 Å². The van der Waals surface area contributed by atoms with Crippen molar-refractivity contribution in [1.29, 1.82) is 0 Å². The number of hydrogen-bond acceptors (Lipinski definition) is 7. The van der Waals surface area contributed by atoms with E-state index in [1.54, 1.807) is 23.0 Å². The van der Waals surface area contributed by atoms with Crippen molar-refractivity contribution >= 4 is 26.6 Å². The van der Waals surface area contributed by atoms with Gasteiger partial charge in [-0.1, -0.05) is 5.92 Å². The van der Waals surface area contributed by atoms with Crippen molar-refractivity contribution in [3.05, 3.63) is 30.0 Å². The van der Waals surface area contributed by atoms with Crippen LogP contribution in [0.4, 0.5) is 0 Å². The lowest BCUT2D eigenvalue weighted by atomic mass is 10.0. The van der Waals surface area contributed by atoms with E-state index in [0.29, 0.717) is 11.1 Å². The minimum atomic E-state index is -3.77. The zero-order chi connectivity index (χ0) is 22.0. The third kappa shape index (κ3) is 4.48. The van der Waals surface area contributed by atoms with E-state index in [1.165, 1.54) is 12.4 Å². The highest BCUT2D eigenvalue weighted by Gasteiger charge is 2.43. The molecule has 1 unspecified atom stereocenters. The Morgan fingerprint density at radius 3 is 2.73 bits per heavy atom. The van der Waals surface area contributed by atoms with Gasteiger partial charge in [-0.05, 0) is 49.3 Å². The van der Waals surface area contributed by atoms with Gasteiger partial charge in [-0.15, -0.1) is 0 Å². The van der Waals surface area contributed by atoms with E-state index in [4.69, 9.17) is 9.94 Å². The van der Waals surface area contributed by atoms with E-state index in [2.05, 4.69) is 28.8 Å². The maximum absolute atomic E-state index is 12.1. The molecule has 10 heteroatoms. The zero-order valence-corrected chi connectivity index (χ0v) is 17.3. The fourth-order valence-corrected chi connectivity index (χ4v) is 3.65. The Balaban J connectivity index is 1.75. The van der Waals surface area contributed by atoms with Crippen LogP contribution >= 0.6 is 0 Å². The predicted octanol–water partition coefficient (Wildman–Crippen LogP) is -0.149. The number of hydroxylamine groups is 1. The molecule has 1 aliphatic rings. The molecular weight excluding hydrogens is 410 g/mol. The van der Waals surface area contributed by atoms with Crippen LogP contribution < -0.4 is 5.48 Å². The number of fused-ring (bicyclic) bond motifs is 1. The Hall–Kier alpha value is -2.89. The summed E-state index contributed by atoms with van der Waals surface area (Å²) >= 11 is 0. The molecule has 3 rings (SSSR count). The number of amides is 1. The molecule has 30 heavy (non-hydrogen) atoms. The lowest BCUT2D eigenvalue weighted by molar-refractivity contribution is -0.140. The van der Waals surface area contributed by atoms with Gasteiger partial charge in [0.15, 0.2) is 20.2 Å². The molecule has 1 amide bonds. The second kappa shape index (κ2) is 8.09. The fourth-order valence-electron chi connectivity index (χ4n) is 2.80. The molecule has 9 nitrogen and oxygen atoms in total. The molecule has 158 valence electrons. The Bertz CT molecular complexity index is 1210. The van der Waals surface area contributed by atoms with Crippen LogP contribution in [-0.4, -0.2) is 64.2 Å². The number of carbonyl (C=O) groups excluding carboxylic acids is 1. The second-order valence-corrected chi connectivity index (χ2v) is 9.83. The van der Waals surface area contributed by atoms with Crippen LogP contribution in [0.2, 0.25) is 0 Å². The van der Waals surface area contributed by atoms with Crippen LogP contribution in [0.25, 0.3) is 10.9 Å². The summed E-state index contributed by atoms with van der Waals surface area (Å²) < 4.78 is 28.8. The van der Waals surface area contributed by atoms with Crippen LogP contribution in [-0.2, 0) is 25.9 Å². The van der Waals surface area contributed by atoms with Gasteiger partial charge in [0.05, 0.1) is 18.7 Å². The average molecular weight is 431 g/mol. The number of hydrogen-bond donors (Lipinski definition) is 3. The Morgan fingerprint density at radius 2 is 2.13 bits per heavy atom. The summed E-state index contributed by atoms with van der Waals surface area (Å²) in [4.78, 5) is 11.9. The zero-order valence-electron chi connectivity index (χ0n) is 16.5. The summed E-state index contributed by atoms with van der Waals surface area (Å²) in [7, 11) is -3.77. The predicted molar refractivity (Wildman–Crippen MR) is 108 cm³/mol. The van der Waals surface area contributed by atoms with Crippen molar-refractivity contribution in [1.82, 2.24) is 15.3 Å². The number of rotatable bonds is 5. The third-order valence-corrected chi connectivity index (χ3v) is 7.04. The number of aryl methyl sites for hydroxylation is 1. The van der Waals surface area contributed by atoms with E-state index in [1.807, 2.05) is 6.07 Å². The van der Waals surface area contributed by atoms with Gasteiger partial charge in [0, 0.05) is 29.9 Å². The highest BCUT2D eigenvalue weighted by molar-refractivity contribution is 7.92. The van der Waals surface area contributed by atoms with E-state index < -0.39 is 26.1 Å². The van der Waals surface area contributed by atoms with Gasteiger partial charge in [0.2, 0.25) is 0 Å². The summed E-state index contributed by atoms with van der Waals surface area (Å²) in [5.74, 6) is 9.87. The van der Waals surface area contributed by atoms with Gasteiger partial charge in [-0.2, -0.15) is 5.10 Å². The van der Waals surface area contributed by atoms with E-state index >= 15 is 0 Å². The molecule has 1 fully saturated rings. The van der Waals surface area contributed by atoms with Crippen molar-refractivity contribution in [2.24, 2.45) is 0 Å². The summed E-state index contributed by atoms with van der Waals surface area (Å²) in [5, 5.41) is 23.9. The van der Waals surface area contributed by atoms with E-state index in [-0.39, 0.29) is 26.2 Å². The molecule has 1 aromatic carbocycles. The number of benzene rings is 1. The van der Waals surface area contributed by atoms with Gasteiger partial charge in [-0.25, -0.2) is 13.9 Å².